The maximum absolute atomic E-state index is 13.5. The van der Waals surface area contributed by atoms with Crippen molar-refractivity contribution in [1.29, 1.82) is 5.26 Å². The summed E-state index contributed by atoms with van der Waals surface area (Å²) in [4.78, 5) is 15.6. The van der Waals surface area contributed by atoms with Crippen LogP contribution in [0.4, 0.5) is 5.69 Å². The van der Waals surface area contributed by atoms with Gasteiger partial charge in [-0.1, -0.05) is 25.0 Å². The molecule has 2 heterocycles. The van der Waals surface area contributed by atoms with Crippen LogP contribution in [0.25, 0.3) is 16.8 Å². The number of rotatable bonds is 7. The molecule has 1 N–H and O–H groups in total. The summed E-state index contributed by atoms with van der Waals surface area (Å²) in [6.07, 6.45) is 7.06. The lowest BCUT2D eigenvalue weighted by Crippen LogP contribution is -2.42. The molecule has 0 bridgehead atoms. The Labute approximate surface area is 241 Å². The number of carbonyl (C=O) groups excluding carboxylic acids is 1. The minimum atomic E-state index is -2.95. The summed E-state index contributed by atoms with van der Waals surface area (Å²) < 4.78 is 31.0. The molecule has 41 heavy (non-hydrogen) atoms. The fourth-order valence-electron chi connectivity index (χ4n) is 6.06. The van der Waals surface area contributed by atoms with E-state index in [1.807, 2.05) is 47.3 Å². The Morgan fingerprint density at radius 3 is 2.32 bits per heavy atom. The van der Waals surface area contributed by atoms with Crippen molar-refractivity contribution in [3.05, 3.63) is 60.4 Å². The summed E-state index contributed by atoms with van der Waals surface area (Å²) in [5, 5.41) is 17.7. The molecule has 10 heteroatoms. The fourth-order valence-corrected chi connectivity index (χ4v) is 7.26. The van der Waals surface area contributed by atoms with Crippen molar-refractivity contribution < 1.29 is 17.9 Å². The topological polar surface area (TPSA) is 117 Å². The van der Waals surface area contributed by atoms with Crippen molar-refractivity contribution in [3.63, 3.8) is 0 Å². The van der Waals surface area contributed by atoms with E-state index in [-0.39, 0.29) is 29.2 Å². The minimum Gasteiger partial charge on any atom is -0.497 e. The highest BCUT2D eigenvalue weighted by molar-refractivity contribution is 7.91. The average Bonchev–Trinajstić information content (AvgIpc) is 3.63. The molecule has 1 aliphatic heterocycles. The van der Waals surface area contributed by atoms with Gasteiger partial charge in [-0.3, -0.25) is 4.79 Å². The van der Waals surface area contributed by atoms with E-state index in [1.54, 1.807) is 7.11 Å². The number of aromatic nitrogens is 2. The SMILES string of the molecule is COc1ccc(-n2cc(-c3ccc(N4CCS(=O)(=O)CC4)cc3)c([C@@H]3CCCC[C@H]3C(=O)NC3(C#N)CC3)n2)cc1. The monoisotopic (exact) mass is 573 g/mol. The lowest BCUT2D eigenvalue weighted by atomic mass is 9.75. The molecule has 2 atom stereocenters. The first-order valence-electron chi connectivity index (χ1n) is 14.3. The van der Waals surface area contributed by atoms with Crippen molar-refractivity contribution in [1.82, 2.24) is 15.1 Å². The third-order valence-electron chi connectivity index (χ3n) is 8.75. The molecular weight excluding hydrogens is 538 g/mol. The normalized spacial score (nSPS) is 22.9. The van der Waals surface area contributed by atoms with E-state index in [1.165, 1.54) is 0 Å². The first kappa shape index (κ1) is 27.3. The minimum absolute atomic E-state index is 0.0471. The summed E-state index contributed by atoms with van der Waals surface area (Å²) in [7, 11) is -1.32. The largest absolute Gasteiger partial charge is 0.497 e. The van der Waals surface area contributed by atoms with Crippen LogP contribution in [0.5, 0.6) is 5.75 Å². The summed E-state index contributed by atoms with van der Waals surface area (Å²) in [6.45, 7) is 0.983. The number of nitrogens with zero attached hydrogens (tertiary/aromatic N) is 4. The van der Waals surface area contributed by atoms with Crippen molar-refractivity contribution in [2.24, 2.45) is 5.92 Å². The number of anilines is 1. The molecule has 0 spiro atoms. The lowest BCUT2D eigenvalue weighted by molar-refractivity contribution is -0.127. The predicted octanol–water partition coefficient (Wildman–Crippen LogP) is 4.23. The van der Waals surface area contributed by atoms with Crippen LogP contribution in [0.2, 0.25) is 0 Å². The van der Waals surface area contributed by atoms with Crippen LogP contribution >= 0.6 is 0 Å². The van der Waals surface area contributed by atoms with Gasteiger partial charge in [-0.25, -0.2) is 13.1 Å². The Kier molecular flexibility index (Phi) is 7.24. The second-order valence-electron chi connectivity index (χ2n) is 11.4. The quantitative estimate of drug-likeness (QED) is 0.450. The summed E-state index contributed by atoms with van der Waals surface area (Å²) >= 11 is 0. The van der Waals surface area contributed by atoms with E-state index in [4.69, 9.17) is 9.84 Å². The molecule has 6 rings (SSSR count). The highest BCUT2D eigenvalue weighted by Crippen LogP contribution is 2.43. The highest BCUT2D eigenvalue weighted by Gasteiger charge is 2.47. The molecule has 2 aromatic carbocycles. The van der Waals surface area contributed by atoms with Crippen LogP contribution in [0.1, 0.15) is 50.1 Å². The zero-order valence-electron chi connectivity index (χ0n) is 23.3. The van der Waals surface area contributed by atoms with Gasteiger partial charge in [0.25, 0.3) is 0 Å². The van der Waals surface area contributed by atoms with E-state index in [9.17, 15) is 18.5 Å². The van der Waals surface area contributed by atoms with E-state index < -0.39 is 15.4 Å². The summed E-state index contributed by atoms with van der Waals surface area (Å²) in [5.74, 6) is 0.742. The number of hydrogen-bond acceptors (Lipinski definition) is 7. The molecule has 1 saturated heterocycles. The van der Waals surface area contributed by atoms with E-state index in [2.05, 4.69) is 28.4 Å². The predicted molar refractivity (Wildman–Crippen MR) is 157 cm³/mol. The first-order chi connectivity index (χ1) is 19.8. The molecule has 2 aliphatic carbocycles. The van der Waals surface area contributed by atoms with Gasteiger partial charge >= 0.3 is 0 Å². The number of amides is 1. The van der Waals surface area contributed by atoms with E-state index in [0.29, 0.717) is 25.9 Å². The third kappa shape index (κ3) is 5.68. The second-order valence-corrected chi connectivity index (χ2v) is 13.7. The van der Waals surface area contributed by atoms with Gasteiger partial charge in [0.05, 0.1) is 36.1 Å². The van der Waals surface area contributed by atoms with Crippen molar-refractivity contribution in [3.8, 4) is 28.6 Å². The smallest absolute Gasteiger partial charge is 0.225 e. The van der Waals surface area contributed by atoms with Gasteiger partial charge in [0.15, 0.2) is 9.84 Å². The van der Waals surface area contributed by atoms with Crippen LogP contribution in [0.3, 0.4) is 0 Å². The molecule has 9 nitrogen and oxygen atoms in total. The number of benzene rings is 2. The van der Waals surface area contributed by atoms with Crippen LogP contribution < -0.4 is 15.0 Å². The zero-order chi connectivity index (χ0) is 28.6. The molecule has 1 aromatic heterocycles. The molecule has 214 valence electrons. The molecule has 3 fully saturated rings. The molecule has 0 radical (unpaired) electrons. The van der Waals surface area contributed by atoms with Crippen LogP contribution in [0, 0.1) is 17.2 Å². The Bertz CT molecular complexity index is 1560. The number of sulfone groups is 1. The number of carbonyl (C=O) groups is 1. The summed E-state index contributed by atoms with van der Waals surface area (Å²) in [6, 6.07) is 18.2. The maximum atomic E-state index is 13.5. The molecule has 3 aliphatic rings. The van der Waals surface area contributed by atoms with E-state index in [0.717, 1.165) is 59.6 Å². The third-order valence-corrected chi connectivity index (χ3v) is 10.4. The van der Waals surface area contributed by atoms with Gasteiger partial charge in [-0.2, -0.15) is 10.4 Å². The Morgan fingerprint density at radius 1 is 1.02 bits per heavy atom. The van der Waals surface area contributed by atoms with Gasteiger partial charge < -0.3 is 15.0 Å². The Balaban J connectivity index is 1.35. The fraction of sp³-hybridized carbons (Fsp3) is 0.452. The lowest BCUT2D eigenvalue weighted by Gasteiger charge is -2.31. The van der Waals surface area contributed by atoms with Crippen LogP contribution in [0.15, 0.2) is 54.7 Å². The number of hydrogen-bond donors (Lipinski definition) is 1. The second kappa shape index (κ2) is 10.9. The average molecular weight is 574 g/mol. The zero-order valence-corrected chi connectivity index (χ0v) is 24.1. The Hall–Kier alpha value is -3.84. The summed E-state index contributed by atoms with van der Waals surface area (Å²) in [5.41, 5.74) is 4.04. The standard InChI is InChI=1S/C31H35N5O4S/c1-40-25-12-10-24(11-13-25)36-20-28(22-6-8-23(9-7-22)35-16-18-41(38,39)19-17-35)29(34-36)26-4-2-3-5-27(26)30(37)33-31(21-32)14-15-31/h6-13,20,26-27H,2-5,14-19H2,1H3,(H,33,37)/t26-,27-/m1/s1. The number of ether oxygens (including phenoxy) is 1. The van der Waals surface area contributed by atoms with Crippen molar-refractivity contribution >= 4 is 21.4 Å². The van der Waals surface area contributed by atoms with Gasteiger partial charge in [-0.05, 0) is 67.6 Å². The number of nitrogens with one attached hydrogen (secondary N) is 1. The maximum Gasteiger partial charge on any atom is 0.225 e. The van der Waals surface area contributed by atoms with E-state index >= 15 is 0 Å². The van der Waals surface area contributed by atoms with Gasteiger partial charge in [-0.15, -0.1) is 0 Å². The van der Waals surface area contributed by atoms with Crippen molar-refractivity contribution in [2.45, 2.75) is 50.0 Å². The molecule has 2 saturated carbocycles. The highest BCUT2D eigenvalue weighted by atomic mass is 32.2. The molecule has 3 aromatic rings. The van der Waals surface area contributed by atoms with Gasteiger partial charge in [0.2, 0.25) is 5.91 Å². The van der Waals surface area contributed by atoms with Gasteiger partial charge in [0.1, 0.15) is 11.3 Å². The van der Waals surface area contributed by atoms with Gasteiger partial charge in [0, 0.05) is 42.4 Å². The van der Waals surface area contributed by atoms with Crippen LogP contribution in [-0.4, -0.2) is 61.3 Å². The van der Waals surface area contributed by atoms with Crippen LogP contribution in [-0.2, 0) is 14.6 Å². The molecule has 0 unspecified atom stereocenters. The molecule has 1 amide bonds. The molecular formula is C31H35N5O4S. The Morgan fingerprint density at radius 2 is 1.68 bits per heavy atom. The number of methoxy groups -OCH3 is 1. The van der Waals surface area contributed by atoms with Crippen molar-refractivity contribution in [2.75, 3.05) is 36.6 Å². The first-order valence-corrected chi connectivity index (χ1v) is 16.1. The number of nitriles is 1.